The maximum absolute atomic E-state index is 11.5. The van der Waals surface area contributed by atoms with E-state index in [0.29, 0.717) is 11.6 Å². The minimum absolute atomic E-state index is 0.0320. The first-order valence-electron chi connectivity index (χ1n) is 8.03. The third-order valence-corrected chi connectivity index (χ3v) is 4.41. The molecule has 0 aliphatic rings. The van der Waals surface area contributed by atoms with Gasteiger partial charge in [-0.1, -0.05) is 56.0 Å². The second-order valence-corrected chi connectivity index (χ2v) is 6.35. The monoisotopic (exact) mass is 349 g/mol. The first-order valence-corrected chi connectivity index (χ1v) is 8.91. The number of carbonyl (C=O) groups excluding carboxylic acids is 1. The highest BCUT2D eigenvalue weighted by Gasteiger charge is 2.08. The van der Waals surface area contributed by atoms with Crippen molar-refractivity contribution in [1.82, 2.24) is 4.98 Å². The molecule has 0 radical (unpaired) electrons. The Morgan fingerprint density at radius 3 is 2.68 bits per heavy atom. The van der Waals surface area contributed by atoms with E-state index in [9.17, 15) is 4.79 Å². The van der Waals surface area contributed by atoms with Crippen LogP contribution in [0.2, 0.25) is 0 Å². The molecule has 0 unspecified atom stereocenters. The van der Waals surface area contributed by atoms with Crippen LogP contribution in [-0.2, 0) is 4.79 Å². The number of rotatable bonds is 6. The van der Waals surface area contributed by atoms with E-state index in [0.717, 1.165) is 28.2 Å². The van der Waals surface area contributed by atoms with Gasteiger partial charge in [-0.2, -0.15) is 0 Å². The predicted molar refractivity (Wildman–Crippen MR) is 106 cm³/mol. The minimum Gasteiger partial charge on any atom is -0.356 e. The van der Waals surface area contributed by atoms with Gasteiger partial charge in [-0.15, -0.1) is 11.3 Å². The molecule has 0 saturated heterocycles. The summed E-state index contributed by atoms with van der Waals surface area (Å²) in [6, 6.07) is 18.0. The lowest BCUT2D eigenvalue weighted by Gasteiger charge is -2.10. The van der Waals surface area contributed by atoms with E-state index >= 15 is 0 Å². The SMILES string of the molecule is C=C(Nc1cccc(-c2csc(NC(=O)CC)n2)c1)c1ccccc1. The molecule has 25 heavy (non-hydrogen) atoms. The standard InChI is InChI=1S/C20H19N3OS/c1-3-19(24)23-20-22-18(13-25-20)16-10-7-11-17(12-16)21-14(2)15-8-5-4-6-9-15/h4-13,21H,2-3H2,1H3,(H,22,23,24). The van der Waals surface area contributed by atoms with Crippen LogP contribution in [0.1, 0.15) is 18.9 Å². The maximum atomic E-state index is 11.5. The van der Waals surface area contributed by atoms with Crippen LogP contribution in [0, 0.1) is 0 Å². The lowest BCUT2D eigenvalue weighted by Crippen LogP contribution is -2.08. The van der Waals surface area contributed by atoms with Crippen molar-refractivity contribution in [2.24, 2.45) is 0 Å². The summed E-state index contributed by atoms with van der Waals surface area (Å²) in [5, 5.41) is 8.68. The number of nitrogens with zero attached hydrogens (tertiary/aromatic N) is 1. The molecule has 2 N–H and O–H groups in total. The van der Waals surface area contributed by atoms with Gasteiger partial charge in [0.1, 0.15) is 0 Å². The Morgan fingerprint density at radius 1 is 1.12 bits per heavy atom. The van der Waals surface area contributed by atoms with Gasteiger partial charge in [0.2, 0.25) is 5.91 Å². The van der Waals surface area contributed by atoms with Crippen molar-refractivity contribution in [3.8, 4) is 11.3 Å². The largest absolute Gasteiger partial charge is 0.356 e. The Kier molecular flexibility index (Phi) is 5.26. The highest BCUT2D eigenvalue weighted by Crippen LogP contribution is 2.28. The summed E-state index contributed by atoms with van der Waals surface area (Å²) < 4.78 is 0. The first-order chi connectivity index (χ1) is 12.2. The molecule has 0 saturated carbocycles. The first kappa shape index (κ1) is 16.9. The summed E-state index contributed by atoms with van der Waals surface area (Å²) in [6.45, 7) is 5.91. The molecule has 0 atom stereocenters. The summed E-state index contributed by atoms with van der Waals surface area (Å²) >= 11 is 1.42. The van der Waals surface area contributed by atoms with Gasteiger partial charge in [0, 0.05) is 28.7 Å². The van der Waals surface area contributed by atoms with Crippen molar-refractivity contribution in [2.45, 2.75) is 13.3 Å². The van der Waals surface area contributed by atoms with Crippen molar-refractivity contribution < 1.29 is 4.79 Å². The fourth-order valence-corrected chi connectivity index (χ4v) is 3.05. The average molecular weight is 349 g/mol. The minimum atomic E-state index is -0.0320. The molecule has 1 amide bonds. The molecule has 0 aliphatic carbocycles. The Bertz CT molecular complexity index is 887. The summed E-state index contributed by atoms with van der Waals surface area (Å²) in [5.74, 6) is -0.0320. The molecule has 4 nitrogen and oxygen atoms in total. The van der Waals surface area contributed by atoms with Gasteiger partial charge in [0.15, 0.2) is 5.13 Å². The summed E-state index contributed by atoms with van der Waals surface area (Å²) in [4.78, 5) is 16.0. The summed E-state index contributed by atoms with van der Waals surface area (Å²) in [7, 11) is 0. The molecule has 2 aromatic carbocycles. The van der Waals surface area contributed by atoms with Gasteiger partial charge in [-0.3, -0.25) is 4.79 Å². The van der Waals surface area contributed by atoms with Crippen molar-refractivity contribution in [1.29, 1.82) is 0 Å². The zero-order valence-electron chi connectivity index (χ0n) is 14.0. The third kappa shape index (κ3) is 4.33. The molecule has 3 rings (SSSR count). The number of hydrogen-bond acceptors (Lipinski definition) is 4. The summed E-state index contributed by atoms with van der Waals surface area (Å²) in [5.41, 5.74) is 4.65. The molecule has 0 aliphatic heterocycles. The van der Waals surface area contributed by atoms with Crippen LogP contribution >= 0.6 is 11.3 Å². The number of nitrogens with one attached hydrogen (secondary N) is 2. The van der Waals surface area contributed by atoms with Crippen LogP contribution in [-0.4, -0.2) is 10.9 Å². The molecule has 0 spiro atoms. The Balaban J connectivity index is 1.75. The lowest BCUT2D eigenvalue weighted by molar-refractivity contribution is -0.115. The van der Waals surface area contributed by atoms with E-state index in [1.807, 2.05) is 66.9 Å². The van der Waals surface area contributed by atoms with Gasteiger partial charge < -0.3 is 10.6 Å². The van der Waals surface area contributed by atoms with Gasteiger partial charge in [0.25, 0.3) is 0 Å². The molecule has 0 bridgehead atoms. The van der Waals surface area contributed by atoms with Crippen molar-refractivity contribution in [2.75, 3.05) is 10.6 Å². The lowest BCUT2D eigenvalue weighted by atomic mass is 10.1. The van der Waals surface area contributed by atoms with Crippen LogP contribution in [0.3, 0.4) is 0 Å². The molecular formula is C20H19N3OS. The molecule has 0 fully saturated rings. The van der Waals surface area contributed by atoms with Crippen LogP contribution in [0.15, 0.2) is 66.6 Å². The Morgan fingerprint density at radius 2 is 1.92 bits per heavy atom. The van der Waals surface area contributed by atoms with E-state index in [2.05, 4.69) is 22.2 Å². The zero-order chi connectivity index (χ0) is 17.6. The Labute approximate surface area is 151 Å². The molecule has 5 heteroatoms. The third-order valence-electron chi connectivity index (χ3n) is 3.65. The molecule has 1 heterocycles. The van der Waals surface area contributed by atoms with E-state index < -0.39 is 0 Å². The van der Waals surface area contributed by atoms with Gasteiger partial charge >= 0.3 is 0 Å². The number of carbonyl (C=O) groups is 1. The van der Waals surface area contributed by atoms with E-state index in [1.165, 1.54) is 11.3 Å². The molecular weight excluding hydrogens is 330 g/mol. The highest BCUT2D eigenvalue weighted by atomic mass is 32.1. The topological polar surface area (TPSA) is 54.0 Å². The zero-order valence-corrected chi connectivity index (χ0v) is 14.8. The highest BCUT2D eigenvalue weighted by molar-refractivity contribution is 7.14. The van der Waals surface area contributed by atoms with E-state index in [-0.39, 0.29) is 5.91 Å². The normalized spacial score (nSPS) is 10.3. The second kappa shape index (κ2) is 7.77. The smallest absolute Gasteiger partial charge is 0.225 e. The number of anilines is 2. The van der Waals surface area contributed by atoms with Crippen LogP contribution in [0.25, 0.3) is 17.0 Å². The molecule has 1 aromatic heterocycles. The average Bonchev–Trinajstić information content (AvgIpc) is 3.11. The van der Waals surface area contributed by atoms with Gasteiger partial charge in [0.05, 0.1) is 5.69 Å². The fraction of sp³-hybridized carbons (Fsp3) is 0.100. The number of hydrogen-bond donors (Lipinski definition) is 2. The maximum Gasteiger partial charge on any atom is 0.225 e. The molecule has 126 valence electrons. The molecule has 3 aromatic rings. The van der Waals surface area contributed by atoms with Crippen molar-refractivity contribution >= 4 is 33.8 Å². The predicted octanol–water partition coefficient (Wildman–Crippen LogP) is 5.24. The van der Waals surface area contributed by atoms with Gasteiger partial charge in [-0.05, 0) is 17.7 Å². The number of aromatic nitrogens is 1. The number of benzene rings is 2. The van der Waals surface area contributed by atoms with E-state index in [4.69, 9.17) is 0 Å². The van der Waals surface area contributed by atoms with Crippen molar-refractivity contribution in [3.63, 3.8) is 0 Å². The quantitative estimate of drug-likeness (QED) is 0.640. The second-order valence-electron chi connectivity index (χ2n) is 5.49. The van der Waals surface area contributed by atoms with Gasteiger partial charge in [-0.25, -0.2) is 4.98 Å². The Hall–Kier alpha value is -2.92. The number of amides is 1. The number of thiazole rings is 1. The van der Waals surface area contributed by atoms with Crippen LogP contribution in [0.4, 0.5) is 10.8 Å². The van der Waals surface area contributed by atoms with Crippen LogP contribution in [0.5, 0.6) is 0 Å². The van der Waals surface area contributed by atoms with E-state index in [1.54, 1.807) is 0 Å². The van der Waals surface area contributed by atoms with Crippen LogP contribution < -0.4 is 10.6 Å². The van der Waals surface area contributed by atoms with Crippen molar-refractivity contribution in [3.05, 3.63) is 72.1 Å². The fourth-order valence-electron chi connectivity index (χ4n) is 2.31. The summed E-state index contributed by atoms with van der Waals surface area (Å²) in [6.07, 6.45) is 0.440.